The highest BCUT2D eigenvalue weighted by Gasteiger charge is 2.07. The summed E-state index contributed by atoms with van der Waals surface area (Å²) in [5.74, 6) is 1.18. The Morgan fingerprint density at radius 2 is 1.94 bits per heavy atom. The van der Waals surface area contributed by atoms with E-state index in [-0.39, 0.29) is 5.95 Å². The van der Waals surface area contributed by atoms with Crippen LogP contribution in [0.15, 0.2) is 30.3 Å². The SMILES string of the molecule is CC(C)c1ccccc1Nc1cc(Cl)nc(N)n1. The lowest BCUT2D eigenvalue weighted by Crippen LogP contribution is -2.02. The van der Waals surface area contributed by atoms with Gasteiger partial charge in [0.2, 0.25) is 5.95 Å². The summed E-state index contributed by atoms with van der Waals surface area (Å²) in [5.41, 5.74) is 7.78. The second kappa shape index (κ2) is 5.23. The maximum Gasteiger partial charge on any atom is 0.223 e. The topological polar surface area (TPSA) is 63.8 Å². The van der Waals surface area contributed by atoms with E-state index in [1.54, 1.807) is 6.07 Å². The molecule has 2 rings (SSSR count). The molecule has 1 aromatic heterocycles. The van der Waals surface area contributed by atoms with Gasteiger partial charge in [-0.25, -0.2) is 4.98 Å². The fourth-order valence-corrected chi connectivity index (χ4v) is 1.94. The number of nitrogen functional groups attached to an aromatic ring is 1. The van der Waals surface area contributed by atoms with E-state index < -0.39 is 0 Å². The third-order valence-corrected chi connectivity index (χ3v) is 2.75. The summed E-state index contributed by atoms with van der Waals surface area (Å²) in [6, 6.07) is 9.72. The molecule has 0 unspecified atom stereocenters. The first kappa shape index (κ1) is 12.6. The zero-order valence-electron chi connectivity index (χ0n) is 10.3. The van der Waals surface area contributed by atoms with Gasteiger partial charge in [-0.05, 0) is 17.5 Å². The molecule has 1 heterocycles. The Hall–Kier alpha value is -1.81. The number of anilines is 3. The lowest BCUT2D eigenvalue weighted by Gasteiger charge is -2.14. The van der Waals surface area contributed by atoms with Crippen LogP contribution < -0.4 is 11.1 Å². The lowest BCUT2D eigenvalue weighted by molar-refractivity contribution is 0.869. The molecule has 0 aliphatic carbocycles. The molecule has 0 aliphatic heterocycles. The molecule has 0 amide bonds. The quantitative estimate of drug-likeness (QED) is 0.830. The summed E-state index contributed by atoms with van der Waals surface area (Å²) in [6.07, 6.45) is 0. The highest BCUT2D eigenvalue weighted by molar-refractivity contribution is 6.29. The van der Waals surface area contributed by atoms with E-state index in [0.29, 0.717) is 16.9 Å². The number of hydrogen-bond donors (Lipinski definition) is 2. The Morgan fingerprint density at radius 3 is 2.61 bits per heavy atom. The largest absolute Gasteiger partial charge is 0.368 e. The molecule has 94 valence electrons. The molecule has 0 saturated carbocycles. The van der Waals surface area contributed by atoms with Gasteiger partial charge >= 0.3 is 0 Å². The summed E-state index contributed by atoms with van der Waals surface area (Å²) >= 11 is 5.85. The van der Waals surface area contributed by atoms with Crippen molar-refractivity contribution in [3.63, 3.8) is 0 Å². The molecular weight excluding hydrogens is 248 g/mol. The van der Waals surface area contributed by atoms with Gasteiger partial charge in [0.05, 0.1) is 0 Å². The molecule has 18 heavy (non-hydrogen) atoms. The molecule has 5 heteroatoms. The van der Waals surface area contributed by atoms with Gasteiger partial charge in [0.1, 0.15) is 11.0 Å². The predicted molar refractivity (Wildman–Crippen MR) is 75.3 cm³/mol. The summed E-state index contributed by atoms with van der Waals surface area (Å²) in [6.45, 7) is 4.28. The lowest BCUT2D eigenvalue weighted by atomic mass is 10.0. The summed E-state index contributed by atoms with van der Waals surface area (Å²) < 4.78 is 0. The van der Waals surface area contributed by atoms with E-state index in [1.165, 1.54) is 5.56 Å². The van der Waals surface area contributed by atoms with Crippen LogP contribution in [0.4, 0.5) is 17.5 Å². The van der Waals surface area contributed by atoms with E-state index in [9.17, 15) is 0 Å². The van der Waals surface area contributed by atoms with E-state index >= 15 is 0 Å². The van der Waals surface area contributed by atoms with Crippen molar-refractivity contribution >= 4 is 29.1 Å². The number of rotatable bonds is 3. The first-order valence-corrected chi connectivity index (χ1v) is 6.10. The monoisotopic (exact) mass is 262 g/mol. The first-order chi connectivity index (χ1) is 8.56. The summed E-state index contributed by atoms with van der Waals surface area (Å²) in [5, 5.41) is 3.55. The van der Waals surface area contributed by atoms with E-state index in [1.807, 2.05) is 18.2 Å². The minimum atomic E-state index is 0.159. The van der Waals surface area contributed by atoms with Crippen LogP contribution in [0.1, 0.15) is 25.3 Å². The number of hydrogen-bond acceptors (Lipinski definition) is 4. The normalized spacial score (nSPS) is 10.7. The minimum Gasteiger partial charge on any atom is -0.368 e. The zero-order valence-corrected chi connectivity index (χ0v) is 11.1. The molecule has 0 aliphatic rings. The second-order valence-corrected chi connectivity index (χ2v) is 4.69. The van der Waals surface area contributed by atoms with Crippen molar-refractivity contribution in [1.82, 2.24) is 9.97 Å². The number of nitrogens with zero attached hydrogens (tertiary/aromatic N) is 2. The van der Waals surface area contributed by atoms with Gasteiger partial charge in [-0.3, -0.25) is 0 Å². The molecule has 0 bridgehead atoms. The molecular formula is C13H15ClN4. The van der Waals surface area contributed by atoms with Crippen molar-refractivity contribution in [3.8, 4) is 0 Å². The van der Waals surface area contributed by atoms with E-state index in [2.05, 4.69) is 35.2 Å². The molecule has 0 radical (unpaired) electrons. The van der Waals surface area contributed by atoms with Gasteiger partial charge in [-0.2, -0.15) is 4.98 Å². The number of benzene rings is 1. The van der Waals surface area contributed by atoms with Crippen molar-refractivity contribution in [2.45, 2.75) is 19.8 Å². The fourth-order valence-electron chi connectivity index (χ4n) is 1.75. The van der Waals surface area contributed by atoms with Gasteiger partial charge in [-0.15, -0.1) is 0 Å². The standard InChI is InChI=1S/C13H15ClN4/c1-8(2)9-5-3-4-6-10(9)16-12-7-11(14)17-13(15)18-12/h3-8H,1-2H3,(H3,15,16,17,18). The van der Waals surface area contributed by atoms with Crippen molar-refractivity contribution in [3.05, 3.63) is 41.0 Å². The molecule has 3 N–H and O–H groups in total. The van der Waals surface area contributed by atoms with Crippen LogP contribution in [-0.2, 0) is 0 Å². The Bertz CT molecular complexity index is 534. The molecule has 0 spiro atoms. The Morgan fingerprint density at radius 1 is 1.22 bits per heavy atom. The van der Waals surface area contributed by atoms with Crippen LogP contribution in [0.25, 0.3) is 0 Å². The smallest absolute Gasteiger partial charge is 0.223 e. The minimum absolute atomic E-state index is 0.159. The molecule has 2 aromatic rings. The highest BCUT2D eigenvalue weighted by atomic mass is 35.5. The maximum atomic E-state index is 5.85. The average Bonchev–Trinajstić information content (AvgIpc) is 2.27. The molecule has 0 atom stereocenters. The van der Waals surface area contributed by atoms with E-state index in [4.69, 9.17) is 17.3 Å². The summed E-state index contributed by atoms with van der Waals surface area (Å²) in [7, 11) is 0. The Labute approximate surface area is 111 Å². The number of para-hydroxylation sites is 1. The average molecular weight is 263 g/mol. The van der Waals surface area contributed by atoms with Crippen LogP contribution in [0.5, 0.6) is 0 Å². The van der Waals surface area contributed by atoms with Crippen molar-refractivity contribution in [1.29, 1.82) is 0 Å². The van der Waals surface area contributed by atoms with Crippen molar-refractivity contribution in [2.75, 3.05) is 11.1 Å². The van der Waals surface area contributed by atoms with Crippen molar-refractivity contribution < 1.29 is 0 Å². The van der Waals surface area contributed by atoms with Crippen LogP contribution in [0.2, 0.25) is 5.15 Å². The van der Waals surface area contributed by atoms with Crippen molar-refractivity contribution in [2.24, 2.45) is 0 Å². The summed E-state index contributed by atoms with van der Waals surface area (Å²) in [4.78, 5) is 7.93. The second-order valence-electron chi connectivity index (χ2n) is 4.30. The molecule has 1 aromatic carbocycles. The number of nitrogens with one attached hydrogen (secondary N) is 1. The number of nitrogens with two attached hydrogens (primary N) is 1. The molecule has 0 fully saturated rings. The van der Waals surface area contributed by atoms with Gasteiger partial charge in [0.25, 0.3) is 0 Å². The van der Waals surface area contributed by atoms with Crippen LogP contribution in [0.3, 0.4) is 0 Å². The first-order valence-electron chi connectivity index (χ1n) is 5.72. The third-order valence-electron chi connectivity index (χ3n) is 2.56. The Balaban J connectivity index is 2.34. The maximum absolute atomic E-state index is 5.85. The zero-order chi connectivity index (χ0) is 13.1. The van der Waals surface area contributed by atoms with Crippen LogP contribution >= 0.6 is 11.6 Å². The Kier molecular flexibility index (Phi) is 3.67. The number of aromatic nitrogens is 2. The fraction of sp³-hybridized carbons (Fsp3) is 0.231. The number of halogens is 1. The van der Waals surface area contributed by atoms with Crippen LogP contribution in [-0.4, -0.2) is 9.97 Å². The molecule has 4 nitrogen and oxygen atoms in total. The third kappa shape index (κ3) is 2.90. The predicted octanol–water partition coefficient (Wildman–Crippen LogP) is 3.58. The van der Waals surface area contributed by atoms with Gasteiger partial charge in [-0.1, -0.05) is 43.6 Å². The van der Waals surface area contributed by atoms with E-state index in [0.717, 1.165) is 5.69 Å². The van der Waals surface area contributed by atoms with Gasteiger partial charge < -0.3 is 11.1 Å². The van der Waals surface area contributed by atoms with Gasteiger partial charge in [0.15, 0.2) is 0 Å². The molecule has 0 saturated heterocycles. The van der Waals surface area contributed by atoms with Gasteiger partial charge in [0, 0.05) is 11.8 Å². The highest BCUT2D eigenvalue weighted by Crippen LogP contribution is 2.26. The van der Waals surface area contributed by atoms with Crippen LogP contribution in [0, 0.1) is 0 Å².